The Hall–Kier alpha value is -1.32. The molecule has 110 valence electrons. The number of nitrogens with one attached hydrogen (secondary N) is 2. The van der Waals surface area contributed by atoms with E-state index in [4.69, 9.17) is 0 Å². The molecule has 0 saturated heterocycles. The Morgan fingerprint density at radius 1 is 1.25 bits per heavy atom. The molecule has 0 aromatic carbocycles. The van der Waals surface area contributed by atoms with E-state index in [1.165, 1.54) is 25.7 Å². The first-order chi connectivity index (χ1) is 9.76. The predicted molar refractivity (Wildman–Crippen MR) is 82.8 cm³/mol. The zero-order chi connectivity index (χ0) is 13.9. The van der Waals surface area contributed by atoms with Crippen molar-refractivity contribution < 1.29 is 0 Å². The van der Waals surface area contributed by atoms with Crippen molar-refractivity contribution in [1.82, 2.24) is 9.97 Å². The Kier molecular flexibility index (Phi) is 4.08. The van der Waals surface area contributed by atoms with Crippen LogP contribution in [0.5, 0.6) is 0 Å². The molecule has 0 aliphatic heterocycles. The number of anilines is 2. The minimum atomic E-state index is 0.513. The summed E-state index contributed by atoms with van der Waals surface area (Å²) in [6.07, 6.45) is 8.53. The summed E-state index contributed by atoms with van der Waals surface area (Å²) in [6, 6.07) is 2.54. The number of rotatable bonds is 6. The average molecular weight is 274 g/mol. The third kappa shape index (κ3) is 2.89. The van der Waals surface area contributed by atoms with Gasteiger partial charge in [0.25, 0.3) is 0 Å². The summed E-state index contributed by atoms with van der Waals surface area (Å²) in [5.74, 6) is 4.65. The summed E-state index contributed by atoms with van der Waals surface area (Å²) in [5, 5.41) is 6.91. The number of nitrogens with zero attached hydrogens (tertiary/aromatic N) is 2. The van der Waals surface area contributed by atoms with Crippen LogP contribution in [0.15, 0.2) is 12.4 Å². The molecule has 20 heavy (non-hydrogen) atoms. The Morgan fingerprint density at radius 2 is 2.10 bits per heavy atom. The molecule has 2 fully saturated rings. The topological polar surface area (TPSA) is 49.8 Å². The monoisotopic (exact) mass is 274 g/mol. The third-order valence-corrected chi connectivity index (χ3v) is 5.03. The highest BCUT2D eigenvalue weighted by atomic mass is 15.1. The summed E-state index contributed by atoms with van der Waals surface area (Å²) < 4.78 is 0. The molecule has 3 rings (SSSR count). The van der Waals surface area contributed by atoms with E-state index in [-0.39, 0.29) is 0 Å². The molecule has 4 unspecified atom stereocenters. The van der Waals surface area contributed by atoms with Crippen molar-refractivity contribution in [3.05, 3.63) is 12.4 Å². The Balaban J connectivity index is 1.59. The van der Waals surface area contributed by atoms with Crippen LogP contribution in [0.1, 0.15) is 46.0 Å². The predicted octanol–water partition coefficient (Wildman–Crippen LogP) is 3.54. The van der Waals surface area contributed by atoms with Crippen LogP contribution >= 0.6 is 0 Å². The minimum absolute atomic E-state index is 0.513. The lowest BCUT2D eigenvalue weighted by Gasteiger charge is -2.28. The van der Waals surface area contributed by atoms with Gasteiger partial charge in [0.05, 0.1) is 0 Å². The summed E-state index contributed by atoms with van der Waals surface area (Å²) in [4.78, 5) is 8.62. The largest absolute Gasteiger partial charge is 0.370 e. The van der Waals surface area contributed by atoms with Gasteiger partial charge in [0, 0.05) is 18.7 Å². The molecule has 0 amide bonds. The van der Waals surface area contributed by atoms with E-state index in [1.807, 2.05) is 6.07 Å². The van der Waals surface area contributed by atoms with Crippen LogP contribution in [0.25, 0.3) is 0 Å². The van der Waals surface area contributed by atoms with Crippen LogP contribution in [0, 0.1) is 17.8 Å². The maximum absolute atomic E-state index is 4.36. The van der Waals surface area contributed by atoms with Gasteiger partial charge in [-0.15, -0.1) is 0 Å². The third-order valence-electron chi connectivity index (χ3n) is 5.03. The molecule has 2 N–H and O–H groups in total. The Morgan fingerprint density at radius 3 is 2.80 bits per heavy atom. The highest BCUT2D eigenvalue weighted by Gasteiger charge is 2.41. The van der Waals surface area contributed by atoms with Crippen LogP contribution in [-0.2, 0) is 0 Å². The number of fused-ring (bicyclic) bond motifs is 2. The molecule has 1 heterocycles. The summed E-state index contributed by atoms with van der Waals surface area (Å²) in [5.41, 5.74) is 0. The average Bonchev–Trinajstić information content (AvgIpc) is 3.08. The standard InChI is InChI=1S/C16H26N4/c1-3-6-17-15-9-16(19-10-18-15)20-11(2)14-8-12-4-5-13(14)7-12/h9-14H,3-8H2,1-2H3,(H2,17,18,19,20). The van der Waals surface area contributed by atoms with Gasteiger partial charge in [0.2, 0.25) is 0 Å². The van der Waals surface area contributed by atoms with Gasteiger partial charge >= 0.3 is 0 Å². The van der Waals surface area contributed by atoms with Gasteiger partial charge in [0.15, 0.2) is 0 Å². The van der Waals surface area contributed by atoms with Crippen molar-refractivity contribution in [1.29, 1.82) is 0 Å². The van der Waals surface area contributed by atoms with E-state index in [2.05, 4.69) is 34.4 Å². The van der Waals surface area contributed by atoms with Gasteiger partial charge in [-0.1, -0.05) is 13.3 Å². The van der Waals surface area contributed by atoms with Gasteiger partial charge in [-0.2, -0.15) is 0 Å². The molecule has 2 saturated carbocycles. The fourth-order valence-electron chi connectivity index (χ4n) is 4.03. The Labute approximate surface area is 121 Å². The van der Waals surface area contributed by atoms with Crippen LogP contribution in [0.4, 0.5) is 11.6 Å². The molecule has 1 aromatic rings. The lowest BCUT2D eigenvalue weighted by atomic mass is 9.84. The zero-order valence-corrected chi connectivity index (χ0v) is 12.6. The van der Waals surface area contributed by atoms with Gasteiger partial charge in [-0.3, -0.25) is 0 Å². The lowest BCUT2D eigenvalue weighted by Crippen LogP contribution is -2.30. The van der Waals surface area contributed by atoms with Gasteiger partial charge in [-0.25, -0.2) is 9.97 Å². The van der Waals surface area contributed by atoms with Crippen molar-refractivity contribution in [2.24, 2.45) is 17.8 Å². The van der Waals surface area contributed by atoms with Gasteiger partial charge in [0.1, 0.15) is 18.0 Å². The summed E-state index contributed by atoms with van der Waals surface area (Å²) in [7, 11) is 0. The van der Waals surface area contributed by atoms with Crippen molar-refractivity contribution in [2.75, 3.05) is 17.2 Å². The second-order valence-corrected chi connectivity index (χ2v) is 6.49. The molecular weight excluding hydrogens is 248 g/mol. The van der Waals surface area contributed by atoms with E-state index in [9.17, 15) is 0 Å². The second kappa shape index (κ2) is 5.98. The maximum Gasteiger partial charge on any atom is 0.131 e. The first-order valence-electron chi connectivity index (χ1n) is 8.08. The second-order valence-electron chi connectivity index (χ2n) is 6.49. The number of hydrogen-bond acceptors (Lipinski definition) is 4. The summed E-state index contributed by atoms with van der Waals surface area (Å²) >= 11 is 0. The highest BCUT2D eigenvalue weighted by Crippen LogP contribution is 2.49. The van der Waals surface area contributed by atoms with E-state index in [1.54, 1.807) is 6.33 Å². The molecule has 4 heteroatoms. The SMILES string of the molecule is CCCNc1cc(NC(C)C2CC3CCC2C3)ncn1. The molecule has 4 nitrogen and oxygen atoms in total. The van der Waals surface area contributed by atoms with Gasteiger partial charge < -0.3 is 10.6 Å². The molecule has 4 atom stereocenters. The van der Waals surface area contributed by atoms with Gasteiger partial charge in [-0.05, 0) is 50.4 Å². The smallest absolute Gasteiger partial charge is 0.131 e. The fraction of sp³-hybridized carbons (Fsp3) is 0.750. The summed E-state index contributed by atoms with van der Waals surface area (Å²) in [6.45, 7) is 5.43. The molecular formula is C16H26N4. The van der Waals surface area contributed by atoms with Crippen molar-refractivity contribution >= 4 is 11.6 Å². The molecule has 0 radical (unpaired) electrons. The number of aromatic nitrogens is 2. The van der Waals surface area contributed by atoms with Crippen molar-refractivity contribution in [3.8, 4) is 0 Å². The Bertz CT molecular complexity index is 448. The van der Waals surface area contributed by atoms with Crippen molar-refractivity contribution in [3.63, 3.8) is 0 Å². The molecule has 2 bridgehead atoms. The molecule has 2 aliphatic rings. The van der Waals surface area contributed by atoms with Crippen LogP contribution in [0.2, 0.25) is 0 Å². The maximum atomic E-state index is 4.36. The number of hydrogen-bond donors (Lipinski definition) is 2. The highest BCUT2D eigenvalue weighted by molar-refractivity contribution is 5.46. The van der Waals surface area contributed by atoms with E-state index >= 15 is 0 Å². The molecule has 0 spiro atoms. The minimum Gasteiger partial charge on any atom is -0.370 e. The van der Waals surface area contributed by atoms with E-state index in [0.717, 1.165) is 42.4 Å². The lowest BCUT2D eigenvalue weighted by molar-refractivity contribution is 0.304. The fourth-order valence-corrected chi connectivity index (χ4v) is 4.03. The van der Waals surface area contributed by atoms with Crippen LogP contribution in [0.3, 0.4) is 0 Å². The van der Waals surface area contributed by atoms with Crippen molar-refractivity contribution in [2.45, 2.75) is 52.0 Å². The normalized spacial score (nSPS) is 29.4. The first-order valence-corrected chi connectivity index (χ1v) is 8.08. The quantitative estimate of drug-likeness (QED) is 0.833. The molecule has 2 aliphatic carbocycles. The van der Waals surface area contributed by atoms with Crippen LogP contribution < -0.4 is 10.6 Å². The molecule has 1 aromatic heterocycles. The van der Waals surface area contributed by atoms with E-state index in [0.29, 0.717) is 6.04 Å². The van der Waals surface area contributed by atoms with E-state index < -0.39 is 0 Å². The first kappa shape index (κ1) is 13.7. The zero-order valence-electron chi connectivity index (χ0n) is 12.6. The van der Waals surface area contributed by atoms with Crippen LogP contribution in [-0.4, -0.2) is 22.6 Å².